The van der Waals surface area contributed by atoms with Crippen LogP contribution in [0.1, 0.15) is 16.2 Å². The fraction of sp³-hybridized carbons (Fsp3) is 0.167. The smallest absolute Gasteiger partial charge is 0.358 e. The van der Waals surface area contributed by atoms with E-state index in [1.807, 2.05) is 0 Å². The van der Waals surface area contributed by atoms with Crippen LogP contribution in [-0.2, 0) is 0 Å². The van der Waals surface area contributed by atoms with E-state index < -0.39 is 11.8 Å². The highest BCUT2D eigenvalue weighted by Crippen LogP contribution is 2.30. The van der Waals surface area contributed by atoms with E-state index in [0.717, 1.165) is 0 Å². The molecule has 0 fully saturated rings. The van der Waals surface area contributed by atoms with Crippen LogP contribution in [0, 0.1) is 12.7 Å². The average molecular weight is 251 g/mol. The van der Waals surface area contributed by atoms with Crippen molar-refractivity contribution in [3.05, 3.63) is 35.5 Å². The monoisotopic (exact) mass is 251 g/mol. The third-order valence-corrected chi connectivity index (χ3v) is 2.51. The lowest BCUT2D eigenvalue weighted by molar-refractivity contribution is 0.0686. The number of hydrogen-bond donors (Lipinski definition) is 1. The Balaban J connectivity index is 2.58. The maximum absolute atomic E-state index is 13.6. The fourth-order valence-electron chi connectivity index (χ4n) is 1.68. The molecule has 6 heteroatoms. The number of methoxy groups -OCH3 is 1. The van der Waals surface area contributed by atoms with Crippen LogP contribution in [0.3, 0.4) is 0 Å². The summed E-state index contributed by atoms with van der Waals surface area (Å²) in [6.07, 6.45) is 0. The van der Waals surface area contributed by atoms with Gasteiger partial charge in [0.25, 0.3) is 0 Å². The van der Waals surface area contributed by atoms with Crippen molar-refractivity contribution in [2.24, 2.45) is 0 Å². The summed E-state index contributed by atoms with van der Waals surface area (Å²) in [7, 11) is 1.35. The maximum atomic E-state index is 13.6. The minimum Gasteiger partial charge on any atom is -0.494 e. The van der Waals surface area contributed by atoms with Gasteiger partial charge in [0.05, 0.1) is 12.7 Å². The molecule has 2 rings (SSSR count). The van der Waals surface area contributed by atoms with E-state index in [1.54, 1.807) is 13.0 Å². The second kappa shape index (κ2) is 4.48. The summed E-state index contributed by atoms with van der Waals surface area (Å²) >= 11 is 0. The summed E-state index contributed by atoms with van der Waals surface area (Å²) in [6, 6.07) is 4.15. The predicted molar refractivity (Wildman–Crippen MR) is 60.1 cm³/mol. The van der Waals surface area contributed by atoms with E-state index in [1.165, 1.54) is 19.2 Å². The van der Waals surface area contributed by atoms with Gasteiger partial charge in [-0.2, -0.15) is 0 Å². The minimum atomic E-state index is -1.22. The Morgan fingerprint density at radius 2 is 2.22 bits per heavy atom. The summed E-state index contributed by atoms with van der Waals surface area (Å²) in [4.78, 5) is 11.0. The van der Waals surface area contributed by atoms with Crippen molar-refractivity contribution in [3.63, 3.8) is 0 Å². The van der Waals surface area contributed by atoms with Crippen LogP contribution in [0.5, 0.6) is 5.75 Å². The van der Waals surface area contributed by atoms with Gasteiger partial charge in [-0.1, -0.05) is 11.2 Å². The number of nitrogens with zero attached hydrogens (tertiary/aromatic N) is 1. The highest BCUT2D eigenvalue weighted by atomic mass is 19.1. The number of carboxylic acid groups (broad SMARTS) is 1. The van der Waals surface area contributed by atoms with Crippen LogP contribution in [0.15, 0.2) is 22.7 Å². The van der Waals surface area contributed by atoms with E-state index >= 15 is 0 Å². The molecule has 1 heterocycles. The van der Waals surface area contributed by atoms with Crippen LogP contribution in [0.25, 0.3) is 11.1 Å². The first-order chi connectivity index (χ1) is 8.54. The van der Waals surface area contributed by atoms with Crippen molar-refractivity contribution in [1.82, 2.24) is 5.16 Å². The summed E-state index contributed by atoms with van der Waals surface area (Å²) in [6.45, 7) is 1.57. The largest absolute Gasteiger partial charge is 0.494 e. The molecule has 0 radical (unpaired) electrons. The van der Waals surface area contributed by atoms with Gasteiger partial charge in [0, 0.05) is 0 Å². The molecule has 0 aliphatic heterocycles. The molecule has 0 unspecified atom stereocenters. The van der Waals surface area contributed by atoms with Gasteiger partial charge >= 0.3 is 5.97 Å². The fourth-order valence-corrected chi connectivity index (χ4v) is 1.68. The minimum absolute atomic E-state index is 0.0877. The summed E-state index contributed by atoms with van der Waals surface area (Å²) < 4.78 is 23.2. The quantitative estimate of drug-likeness (QED) is 0.907. The van der Waals surface area contributed by atoms with Crippen molar-refractivity contribution >= 4 is 5.97 Å². The first kappa shape index (κ1) is 12.1. The van der Waals surface area contributed by atoms with Crippen molar-refractivity contribution < 1.29 is 23.6 Å². The molecular weight excluding hydrogens is 241 g/mol. The SMILES string of the molecule is COc1ccc(-c2c(C(=O)O)noc2C)cc1F. The van der Waals surface area contributed by atoms with E-state index in [9.17, 15) is 9.18 Å². The number of aryl methyl sites for hydroxylation is 1. The summed E-state index contributed by atoms with van der Waals surface area (Å²) in [5.41, 5.74) is 0.408. The second-order valence-corrected chi connectivity index (χ2v) is 3.62. The molecule has 0 saturated carbocycles. The predicted octanol–water partition coefficient (Wildman–Crippen LogP) is 2.50. The zero-order valence-corrected chi connectivity index (χ0v) is 9.73. The molecule has 1 aromatic heterocycles. The number of benzene rings is 1. The Hall–Kier alpha value is -2.37. The Kier molecular flexibility index (Phi) is 3.01. The lowest BCUT2D eigenvalue weighted by Gasteiger charge is -2.04. The molecule has 0 spiro atoms. The molecule has 0 amide bonds. The number of carbonyl (C=O) groups is 1. The Morgan fingerprint density at radius 1 is 1.50 bits per heavy atom. The molecule has 94 valence electrons. The van der Waals surface area contributed by atoms with Crippen molar-refractivity contribution in [2.75, 3.05) is 7.11 Å². The molecule has 5 nitrogen and oxygen atoms in total. The molecule has 0 aliphatic rings. The third-order valence-electron chi connectivity index (χ3n) is 2.51. The van der Waals surface area contributed by atoms with Gasteiger partial charge in [-0.3, -0.25) is 0 Å². The van der Waals surface area contributed by atoms with Crippen molar-refractivity contribution in [1.29, 1.82) is 0 Å². The molecule has 18 heavy (non-hydrogen) atoms. The Morgan fingerprint density at radius 3 is 2.78 bits per heavy atom. The molecule has 1 N–H and O–H groups in total. The normalized spacial score (nSPS) is 10.4. The molecule has 0 saturated heterocycles. The van der Waals surface area contributed by atoms with Crippen LogP contribution in [0.4, 0.5) is 4.39 Å². The molecular formula is C12H10FNO4. The van der Waals surface area contributed by atoms with Gasteiger partial charge in [-0.25, -0.2) is 9.18 Å². The molecule has 1 aromatic carbocycles. The number of halogens is 1. The number of rotatable bonds is 3. The first-order valence-electron chi connectivity index (χ1n) is 5.08. The van der Waals surface area contributed by atoms with Gasteiger partial charge < -0.3 is 14.4 Å². The molecule has 0 aliphatic carbocycles. The third kappa shape index (κ3) is 1.92. The molecule has 0 atom stereocenters. The summed E-state index contributed by atoms with van der Waals surface area (Å²) in [5, 5.41) is 12.4. The standard InChI is InChI=1S/C12H10FNO4/c1-6-10(11(12(15)16)14-18-6)7-3-4-9(17-2)8(13)5-7/h3-5H,1-2H3,(H,15,16). The number of carboxylic acids is 1. The van der Waals surface area contributed by atoms with Crippen LogP contribution >= 0.6 is 0 Å². The first-order valence-corrected chi connectivity index (χ1v) is 5.08. The maximum Gasteiger partial charge on any atom is 0.358 e. The summed E-state index contributed by atoms with van der Waals surface area (Å²) in [5.74, 6) is -1.40. The van der Waals surface area contributed by atoms with E-state index in [-0.39, 0.29) is 17.0 Å². The van der Waals surface area contributed by atoms with Crippen LogP contribution in [0.2, 0.25) is 0 Å². The van der Waals surface area contributed by atoms with Crippen LogP contribution in [-0.4, -0.2) is 23.3 Å². The number of aromatic carboxylic acids is 1. The number of ether oxygens (including phenoxy) is 1. The van der Waals surface area contributed by atoms with Gasteiger partial charge in [-0.15, -0.1) is 0 Å². The Bertz CT molecular complexity index is 606. The van der Waals surface area contributed by atoms with E-state index in [2.05, 4.69) is 5.16 Å². The zero-order valence-electron chi connectivity index (χ0n) is 9.73. The topological polar surface area (TPSA) is 72.6 Å². The molecule has 2 aromatic rings. The van der Waals surface area contributed by atoms with Crippen molar-refractivity contribution in [2.45, 2.75) is 6.92 Å². The van der Waals surface area contributed by atoms with E-state index in [0.29, 0.717) is 11.3 Å². The van der Waals surface area contributed by atoms with Gasteiger partial charge in [0.15, 0.2) is 17.3 Å². The van der Waals surface area contributed by atoms with E-state index in [4.69, 9.17) is 14.4 Å². The number of aromatic nitrogens is 1. The average Bonchev–Trinajstić information content (AvgIpc) is 2.71. The van der Waals surface area contributed by atoms with Gasteiger partial charge in [0.1, 0.15) is 5.76 Å². The van der Waals surface area contributed by atoms with Gasteiger partial charge in [-0.05, 0) is 24.6 Å². The van der Waals surface area contributed by atoms with Crippen LogP contribution < -0.4 is 4.74 Å². The Labute approximate surface area is 102 Å². The highest BCUT2D eigenvalue weighted by Gasteiger charge is 2.21. The van der Waals surface area contributed by atoms with Gasteiger partial charge in [0.2, 0.25) is 0 Å². The molecule has 0 bridgehead atoms. The highest BCUT2D eigenvalue weighted by molar-refractivity contribution is 5.94. The zero-order chi connectivity index (χ0) is 13.3. The number of hydrogen-bond acceptors (Lipinski definition) is 4. The lowest BCUT2D eigenvalue weighted by atomic mass is 10.0. The van der Waals surface area contributed by atoms with Crippen molar-refractivity contribution in [3.8, 4) is 16.9 Å². The second-order valence-electron chi connectivity index (χ2n) is 3.62. The lowest BCUT2D eigenvalue weighted by Crippen LogP contribution is -1.99.